The molecule has 0 saturated heterocycles. The van der Waals surface area contributed by atoms with Crippen molar-refractivity contribution in [3.8, 4) is 44.5 Å². The molecule has 6 aromatic rings. The van der Waals surface area contributed by atoms with Crippen LogP contribution in [0.2, 0.25) is 0 Å². The first-order valence-corrected chi connectivity index (χ1v) is 14.1. The van der Waals surface area contributed by atoms with E-state index in [9.17, 15) is 0 Å². The number of hydrogen-bond donors (Lipinski definition) is 0. The summed E-state index contributed by atoms with van der Waals surface area (Å²) in [6.45, 7) is 4.25. The Labute approximate surface area is 238 Å². The standard InChI is InChI=1S/C40H34/c1-29-6-16-33(17-7-29)35-24-26-36(27-25-35)34-20-12-31(13-21-34)10-11-32-14-22-38(23-15-32)40-5-3-4-39(28-40)37-18-8-30(2)9-19-37/h3-9,12-28H,10-11H2,1-2H3. The Kier molecular flexibility index (Phi) is 7.42. The third kappa shape index (κ3) is 5.98. The van der Waals surface area contributed by atoms with Gasteiger partial charge < -0.3 is 0 Å². The first kappa shape index (κ1) is 25.6. The van der Waals surface area contributed by atoms with Crippen LogP contribution < -0.4 is 0 Å². The molecule has 6 aromatic carbocycles. The van der Waals surface area contributed by atoms with Gasteiger partial charge in [0.2, 0.25) is 0 Å². The normalized spacial score (nSPS) is 10.9. The van der Waals surface area contributed by atoms with Crippen LogP contribution in [0.25, 0.3) is 44.5 Å². The highest BCUT2D eigenvalue weighted by Gasteiger charge is 2.05. The number of rotatable bonds is 7. The molecule has 0 saturated carbocycles. The lowest BCUT2D eigenvalue weighted by Gasteiger charge is -2.09. The number of hydrogen-bond acceptors (Lipinski definition) is 0. The second-order valence-electron chi connectivity index (χ2n) is 10.8. The zero-order valence-corrected chi connectivity index (χ0v) is 23.3. The lowest BCUT2D eigenvalue weighted by molar-refractivity contribution is 0.961. The van der Waals surface area contributed by atoms with Gasteiger partial charge in [0, 0.05) is 0 Å². The van der Waals surface area contributed by atoms with Gasteiger partial charge in [-0.2, -0.15) is 0 Å². The highest BCUT2D eigenvalue weighted by Crippen LogP contribution is 2.28. The van der Waals surface area contributed by atoms with Crippen LogP contribution in [0.5, 0.6) is 0 Å². The summed E-state index contributed by atoms with van der Waals surface area (Å²) >= 11 is 0. The van der Waals surface area contributed by atoms with E-state index in [0.29, 0.717) is 0 Å². The maximum absolute atomic E-state index is 2.29. The Hall–Kier alpha value is -4.68. The zero-order chi connectivity index (χ0) is 27.3. The maximum atomic E-state index is 2.29. The fourth-order valence-corrected chi connectivity index (χ4v) is 5.24. The van der Waals surface area contributed by atoms with Crippen LogP contribution in [0.15, 0.2) is 146 Å². The quantitative estimate of drug-likeness (QED) is 0.199. The van der Waals surface area contributed by atoms with Gasteiger partial charge >= 0.3 is 0 Å². The molecule has 0 bridgehead atoms. The van der Waals surface area contributed by atoms with Gasteiger partial charge in [-0.3, -0.25) is 0 Å². The molecule has 0 fully saturated rings. The summed E-state index contributed by atoms with van der Waals surface area (Å²) in [5, 5.41) is 0. The molecular formula is C40H34. The predicted octanol–water partition coefficient (Wildman–Crippen LogP) is 10.8. The van der Waals surface area contributed by atoms with E-state index in [2.05, 4.69) is 159 Å². The number of benzene rings is 6. The largest absolute Gasteiger partial charge is 0.0610 e. The zero-order valence-electron chi connectivity index (χ0n) is 23.3. The molecule has 0 atom stereocenters. The molecule has 40 heavy (non-hydrogen) atoms. The Morgan fingerprint density at radius 3 is 0.925 bits per heavy atom. The van der Waals surface area contributed by atoms with E-state index in [-0.39, 0.29) is 0 Å². The lowest BCUT2D eigenvalue weighted by Crippen LogP contribution is -1.92. The van der Waals surface area contributed by atoms with E-state index < -0.39 is 0 Å². The SMILES string of the molecule is Cc1ccc(-c2ccc(-c3ccc(CCc4ccc(-c5cccc(-c6ccc(C)cc6)c5)cc4)cc3)cc2)cc1. The van der Waals surface area contributed by atoms with Crippen molar-refractivity contribution < 1.29 is 0 Å². The lowest BCUT2D eigenvalue weighted by atomic mass is 9.96. The molecule has 194 valence electrons. The van der Waals surface area contributed by atoms with Gasteiger partial charge in [-0.05, 0) is 88.4 Å². The molecule has 0 aliphatic rings. The van der Waals surface area contributed by atoms with Crippen LogP contribution in [-0.4, -0.2) is 0 Å². The molecule has 0 aliphatic heterocycles. The molecule has 0 radical (unpaired) electrons. The van der Waals surface area contributed by atoms with Gasteiger partial charge in [0.05, 0.1) is 0 Å². The molecule has 0 amide bonds. The van der Waals surface area contributed by atoms with Crippen molar-refractivity contribution in [1.82, 2.24) is 0 Å². The smallest absolute Gasteiger partial charge is 0.0178 e. The third-order valence-corrected chi connectivity index (χ3v) is 7.79. The minimum Gasteiger partial charge on any atom is -0.0610 e. The maximum Gasteiger partial charge on any atom is -0.0178 e. The monoisotopic (exact) mass is 514 g/mol. The van der Waals surface area contributed by atoms with Crippen molar-refractivity contribution in [3.05, 3.63) is 168 Å². The van der Waals surface area contributed by atoms with Gasteiger partial charge in [0.15, 0.2) is 0 Å². The summed E-state index contributed by atoms with van der Waals surface area (Å²) in [6.07, 6.45) is 2.07. The molecule has 0 heterocycles. The summed E-state index contributed by atoms with van der Waals surface area (Å²) in [5.74, 6) is 0. The second kappa shape index (κ2) is 11.6. The average Bonchev–Trinajstić information content (AvgIpc) is 3.01. The first-order valence-electron chi connectivity index (χ1n) is 14.1. The molecule has 6 rings (SSSR count). The molecule has 0 aromatic heterocycles. The summed E-state index contributed by atoms with van der Waals surface area (Å²) < 4.78 is 0. The van der Waals surface area contributed by atoms with Crippen LogP contribution in [0.3, 0.4) is 0 Å². The van der Waals surface area contributed by atoms with E-state index >= 15 is 0 Å². The van der Waals surface area contributed by atoms with Crippen molar-refractivity contribution in [2.75, 3.05) is 0 Å². The van der Waals surface area contributed by atoms with Gasteiger partial charge in [0.1, 0.15) is 0 Å². The van der Waals surface area contributed by atoms with Crippen molar-refractivity contribution >= 4 is 0 Å². The average molecular weight is 515 g/mol. The van der Waals surface area contributed by atoms with Gasteiger partial charge in [-0.1, -0.05) is 151 Å². The summed E-state index contributed by atoms with van der Waals surface area (Å²) in [6, 6.07) is 53.3. The van der Waals surface area contributed by atoms with Crippen LogP contribution >= 0.6 is 0 Å². The van der Waals surface area contributed by atoms with Crippen LogP contribution in [0.4, 0.5) is 0 Å². The molecule has 0 N–H and O–H groups in total. The van der Waals surface area contributed by atoms with Crippen molar-refractivity contribution in [2.24, 2.45) is 0 Å². The Morgan fingerprint density at radius 1 is 0.300 bits per heavy atom. The number of aryl methyl sites for hydroxylation is 4. The molecule has 0 unspecified atom stereocenters. The molecule has 0 nitrogen and oxygen atoms in total. The molecule has 0 spiro atoms. The highest BCUT2D eigenvalue weighted by molar-refractivity contribution is 5.73. The van der Waals surface area contributed by atoms with Crippen molar-refractivity contribution in [2.45, 2.75) is 26.7 Å². The van der Waals surface area contributed by atoms with Crippen molar-refractivity contribution in [1.29, 1.82) is 0 Å². The van der Waals surface area contributed by atoms with Gasteiger partial charge in [-0.25, -0.2) is 0 Å². The first-order chi connectivity index (χ1) is 19.6. The molecule has 0 aliphatic carbocycles. The summed E-state index contributed by atoms with van der Waals surface area (Å²) in [4.78, 5) is 0. The Bertz CT molecular complexity index is 1690. The minimum absolute atomic E-state index is 1.04. The molecular weight excluding hydrogens is 480 g/mol. The summed E-state index contributed by atoms with van der Waals surface area (Å²) in [7, 11) is 0. The second-order valence-corrected chi connectivity index (χ2v) is 10.8. The van der Waals surface area contributed by atoms with E-state index in [0.717, 1.165) is 12.8 Å². The van der Waals surface area contributed by atoms with Crippen molar-refractivity contribution in [3.63, 3.8) is 0 Å². The fraction of sp³-hybridized carbons (Fsp3) is 0.100. The van der Waals surface area contributed by atoms with E-state index in [1.807, 2.05) is 0 Å². The third-order valence-electron chi connectivity index (χ3n) is 7.79. The minimum atomic E-state index is 1.04. The Morgan fingerprint density at radius 2 is 0.575 bits per heavy atom. The Balaban J connectivity index is 1.08. The predicted molar refractivity (Wildman–Crippen MR) is 172 cm³/mol. The van der Waals surface area contributed by atoms with Gasteiger partial charge in [0.25, 0.3) is 0 Å². The van der Waals surface area contributed by atoms with Crippen LogP contribution in [0, 0.1) is 13.8 Å². The van der Waals surface area contributed by atoms with E-state index in [1.165, 1.54) is 66.8 Å². The van der Waals surface area contributed by atoms with Crippen LogP contribution in [0.1, 0.15) is 22.3 Å². The van der Waals surface area contributed by atoms with Crippen LogP contribution in [-0.2, 0) is 12.8 Å². The fourth-order valence-electron chi connectivity index (χ4n) is 5.24. The molecule has 0 heteroatoms. The highest BCUT2D eigenvalue weighted by atomic mass is 14.1. The van der Waals surface area contributed by atoms with E-state index in [1.54, 1.807) is 0 Å². The van der Waals surface area contributed by atoms with E-state index in [4.69, 9.17) is 0 Å². The van der Waals surface area contributed by atoms with Gasteiger partial charge in [-0.15, -0.1) is 0 Å². The summed E-state index contributed by atoms with van der Waals surface area (Å²) in [5.41, 5.74) is 15.4. The topological polar surface area (TPSA) is 0 Å².